The van der Waals surface area contributed by atoms with Crippen LogP contribution in [0.15, 0.2) is 12.1 Å². The smallest absolute Gasteiger partial charge is 0.259 e. The fourth-order valence-electron chi connectivity index (χ4n) is 2.37. The van der Waals surface area contributed by atoms with Gasteiger partial charge in [0.25, 0.3) is 5.91 Å². The van der Waals surface area contributed by atoms with Crippen molar-refractivity contribution in [1.82, 2.24) is 4.90 Å². The van der Waals surface area contributed by atoms with Crippen LogP contribution in [0.1, 0.15) is 42.5 Å². The number of amides is 1. The molecule has 1 aliphatic heterocycles. The molecule has 0 aromatic heterocycles. The third-order valence-corrected chi connectivity index (χ3v) is 3.48. The lowest BCUT2D eigenvalue weighted by atomic mass is 10.1. The van der Waals surface area contributed by atoms with Crippen LogP contribution in [0, 0.1) is 11.6 Å². The monoisotopic (exact) mass is 268 g/mol. The number of hydrogen-bond acceptors (Lipinski definition) is 2. The van der Waals surface area contributed by atoms with Crippen LogP contribution < -0.4 is 5.73 Å². The lowest BCUT2D eigenvalue weighted by molar-refractivity contribution is 0.0732. The molecule has 1 saturated heterocycles. The molecule has 1 heterocycles. The Morgan fingerprint density at radius 2 is 1.63 bits per heavy atom. The Morgan fingerprint density at radius 1 is 1.05 bits per heavy atom. The molecule has 3 nitrogen and oxygen atoms in total. The predicted molar refractivity (Wildman–Crippen MR) is 69.8 cm³/mol. The number of benzene rings is 1. The Morgan fingerprint density at radius 3 is 2.26 bits per heavy atom. The molecule has 0 unspecified atom stereocenters. The number of carbonyl (C=O) groups is 1. The summed E-state index contributed by atoms with van der Waals surface area (Å²) in [6.07, 6.45) is 5.00. The van der Waals surface area contributed by atoms with Gasteiger partial charge in [-0.15, -0.1) is 0 Å². The van der Waals surface area contributed by atoms with Crippen molar-refractivity contribution >= 4 is 11.6 Å². The molecule has 2 N–H and O–H groups in total. The predicted octanol–water partition coefficient (Wildman–Crippen LogP) is 2.95. The first-order valence-corrected chi connectivity index (χ1v) is 6.64. The van der Waals surface area contributed by atoms with Crippen molar-refractivity contribution in [2.45, 2.75) is 32.1 Å². The maximum atomic E-state index is 13.8. The third-order valence-electron chi connectivity index (χ3n) is 3.48. The van der Waals surface area contributed by atoms with Gasteiger partial charge in [0.1, 0.15) is 11.4 Å². The number of halogens is 2. The van der Waals surface area contributed by atoms with Crippen LogP contribution in [0.5, 0.6) is 0 Å². The van der Waals surface area contributed by atoms with Gasteiger partial charge in [-0.3, -0.25) is 4.79 Å². The summed E-state index contributed by atoms with van der Waals surface area (Å²) in [7, 11) is 0. The minimum atomic E-state index is -0.952. The van der Waals surface area contributed by atoms with Crippen LogP contribution in [0.3, 0.4) is 0 Å². The van der Waals surface area contributed by atoms with Gasteiger partial charge in [-0.2, -0.15) is 0 Å². The standard InChI is InChI=1S/C14H18F2N2O/c15-10-6-7-11(17)13(16)12(10)14(19)18-8-4-2-1-3-5-9-18/h6-7H,1-5,8-9,17H2. The van der Waals surface area contributed by atoms with E-state index in [9.17, 15) is 13.6 Å². The summed E-state index contributed by atoms with van der Waals surface area (Å²) in [5.74, 6) is -2.39. The number of carbonyl (C=O) groups excluding carboxylic acids is 1. The van der Waals surface area contributed by atoms with Crippen molar-refractivity contribution in [3.8, 4) is 0 Å². The highest BCUT2D eigenvalue weighted by molar-refractivity contribution is 5.95. The Balaban J connectivity index is 2.25. The lowest BCUT2D eigenvalue weighted by Crippen LogP contribution is -2.35. The summed E-state index contributed by atoms with van der Waals surface area (Å²) in [6.45, 7) is 1.10. The van der Waals surface area contributed by atoms with Crippen LogP contribution in [0.4, 0.5) is 14.5 Å². The quantitative estimate of drug-likeness (QED) is 0.796. The van der Waals surface area contributed by atoms with E-state index in [0.29, 0.717) is 13.1 Å². The van der Waals surface area contributed by atoms with Gasteiger partial charge in [0.05, 0.1) is 5.69 Å². The number of nitrogens with two attached hydrogens (primary N) is 1. The van der Waals surface area contributed by atoms with Crippen molar-refractivity contribution in [3.05, 3.63) is 29.3 Å². The molecule has 104 valence electrons. The fourth-order valence-corrected chi connectivity index (χ4v) is 2.37. The van der Waals surface area contributed by atoms with Gasteiger partial charge in [-0.05, 0) is 25.0 Å². The molecular weight excluding hydrogens is 250 g/mol. The van der Waals surface area contributed by atoms with Gasteiger partial charge in [-0.25, -0.2) is 8.78 Å². The van der Waals surface area contributed by atoms with Crippen molar-refractivity contribution in [2.24, 2.45) is 0 Å². The number of nitrogen functional groups attached to an aromatic ring is 1. The Labute approximate surface area is 111 Å². The van der Waals surface area contributed by atoms with Crippen molar-refractivity contribution < 1.29 is 13.6 Å². The van der Waals surface area contributed by atoms with Crippen LogP contribution in [0.25, 0.3) is 0 Å². The van der Waals surface area contributed by atoms with Gasteiger partial charge in [0.15, 0.2) is 5.82 Å². The maximum absolute atomic E-state index is 13.8. The van der Waals surface area contributed by atoms with E-state index in [2.05, 4.69) is 0 Å². The number of anilines is 1. The fraction of sp³-hybridized carbons (Fsp3) is 0.500. The van der Waals surface area contributed by atoms with E-state index in [-0.39, 0.29) is 5.69 Å². The van der Waals surface area contributed by atoms with E-state index in [1.165, 1.54) is 4.90 Å². The molecule has 19 heavy (non-hydrogen) atoms. The second-order valence-corrected chi connectivity index (χ2v) is 4.89. The highest BCUT2D eigenvalue weighted by Crippen LogP contribution is 2.21. The average Bonchev–Trinajstić information content (AvgIpc) is 2.34. The summed E-state index contributed by atoms with van der Waals surface area (Å²) < 4.78 is 27.5. The first-order chi connectivity index (χ1) is 9.11. The highest BCUT2D eigenvalue weighted by atomic mass is 19.1. The molecular formula is C14H18F2N2O. The van der Waals surface area contributed by atoms with Gasteiger partial charge in [0, 0.05) is 13.1 Å². The molecule has 0 bridgehead atoms. The van der Waals surface area contributed by atoms with Crippen LogP contribution >= 0.6 is 0 Å². The zero-order valence-electron chi connectivity index (χ0n) is 10.8. The molecule has 5 heteroatoms. The van der Waals surface area contributed by atoms with Crippen molar-refractivity contribution in [1.29, 1.82) is 0 Å². The Hall–Kier alpha value is -1.65. The number of likely N-dealkylation sites (tertiary alicyclic amines) is 1. The molecule has 1 aliphatic rings. The molecule has 0 saturated carbocycles. The highest BCUT2D eigenvalue weighted by Gasteiger charge is 2.24. The minimum Gasteiger partial charge on any atom is -0.396 e. The van der Waals surface area contributed by atoms with Crippen LogP contribution in [0.2, 0.25) is 0 Å². The molecule has 1 fully saturated rings. The van der Waals surface area contributed by atoms with Gasteiger partial charge in [-0.1, -0.05) is 19.3 Å². The number of hydrogen-bond donors (Lipinski definition) is 1. The van der Waals surface area contributed by atoms with Gasteiger partial charge >= 0.3 is 0 Å². The zero-order chi connectivity index (χ0) is 13.8. The van der Waals surface area contributed by atoms with E-state index in [1.807, 2.05) is 0 Å². The van der Waals surface area contributed by atoms with Crippen molar-refractivity contribution in [3.63, 3.8) is 0 Å². The lowest BCUT2D eigenvalue weighted by Gasteiger charge is -2.25. The molecule has 0 radical (unpaired) electrons. The maximum Gasteiger partial charge on any atom is 0.259 e. The normalized spacial score (nSPS) is 16.8. The van der Waals surface area contributed by atoms with E-state index in [4.69, 9.17) is 5.73 Å². The first-order valence-electron chi connectivity index (χ1n) is 6.64. The summed E-state index contributed by atoms with van der Waals surface area (Å²) in [5.41, 5.74) is 4.68. The largest absolute Gasteiger partial charge is 0.396 e. The summed E-state index contributed by atoms with van der Waals surface area (Å²) in [4.78, 5) is 13.8. The molecule has 1 aromatic carbocycles. The van der Waals surface area contributed by atoms with Gasteiger partial charge < -0.3 is 10.6 Å². The van der Waals surface area contributed by atoms with Crippen LogP contribution in [-0.4, -0.2) is 23.9 Å². The molecule has 0 spiro atoms. The number of rotatable bonds is 1. The van der Waals surface area contributed by atoms with E-state index < -0.39 is 23.1 Å². The third kappa shape index (κ3) is 3.03. The topological polar surface area (TPSA) is 46.3 Å². The zero-order valence-corrected chi connectivity index (χ0v) is 10.8. The second kappa shape index (κ2) is 5.99. The Kier molecular flexibility index (Phi) is 4.35. The molecule has 0 aliphatic carbocycles. The van der Waals surface area contributed by atoms with Gasteiger partial charge in [0.2, 0.25) is 0 Å². The minimum absolute atomic E-state index is 0.197. The first kappa shape index (κ1) is 13.8. The van der Waals surface area contributed by atoms with E-state index in [1.54, 1.807) is 0 Å². The van der Waals surface area contributed by atoms with Crippen LogP contribution in [-0.2, 0) is 0 Å². The summed E-state index contributed by atoms with van der Waals surface area (Å²) in [5, 5.41) is 0. The summed E-state index contributed by atoms with van der Waals surface area (Å²) in [6, 6.07) is 2.17. The molecule has 0 atom stereocenters. The Bertz CT molecular complexity index is 469. The SMILES string of the molecule is Nc1ccc(F)c(C(=O)N2CCCCCCC2)c1F. The second-order valence-electron chi connectivity index (χ2n) is 4.89. The summed E-state index contributed by atoms with van der Waals surface area (Å²) >= 11 is 0. The molecule has 1 amide bonds. The molecule has 1 aromatic rings. The van der Waals surface area contributed by atoms with E-state index in [0.717, 1.165) is 44.2 Å². The van der Waals surface area contributed by atoms with Crippen molar-refractivity contribution in [2.75, 3.05) is 18.8 Å². The number of nitrogens with zero attached hydrogens (tertiary/aromatic N) is 1. The average molecular weight is 268 g/mol. The van der Waals surface area contributed by atoms with E-state index >= 15 is 0 Å². The molecule has 2 rings (SSSR count).